The lowest BCUT2D eigenvalue weighted by molar-refractivity contribution is 0.0526. The van der Waals surface area contributed by atoms with E-state index in [1.807, 2.05) is 36.3 Å². The minimum atomic E-state index is -0.339. The zero-order valence-corrected chi connectivity index (χ0v) is 17.2. The van der Waals surface area contributed by atoms with Crippen LogP contribution in [0.3, 0.4) is 0 Å². The molecule has 1 aliphatic heterocycles. The topological polar surface area (TPSA) is 89.3 Å². The Balaban J connectivity index is 1.34. The number of nitrogens with zero attached hydrogens (tertiary/aromatic N) is 4. The van der Waals surface area contributed by atoms with Crippen LogP contribution in [0.15, 0.2) is 42.7 Å². The average Bonchev–Trinajstić information content (AvgIpc) is 3.38. The molecule has 0 aliphatic carbocycles. The molecule has 1 N–H and O–H groups in total. The van der Waals surface area contributed by atoms with E-state index in [0.717, 1.165) is 28.8 Å². The van der Waals surface area contributed by atoms with Crippen molar-refractivity contribution < 1.29 is 14.3 Å². The van der Waals surface area contributed by atoms with Gasteiger partial charge in [0.2, 0.25) is 0 Å². The van der Waals surface area contributed by atoms with E-state index < -0.39 is 0 Å². The number of rotatable bonds is 5. The highest BCUT2D eigenvalue weighted by atomic mass is 16.5. The number of nitrogens with one attached hydrogen (secondary N) is 1. The summed E-state index contributed by atoms with van der Waals surface area (Å²) < 4.78 is 7.05. The lowest BCUT2D eigenvalue weighted by Crippen LogP contribution is -2.38. The third-order valence-electron chi connectivity index (χ3n) is 5.47. The summed E-state index contributed by atoms with van der Waals surface area (Å²) in [6.07, 6.45) is 4.44. The molecule has 1 fully saturated rings. The van der Waals surface area contributed by atoms with E-state index in [2.05, 4.69) is 14.9 Å². The first-order valence-corrected chi connectivity index (χ1v) is 10.1. The van der Waals surface area contributed by atoms with Crippen molar-refractivity contribution in [1.82, 2.24) is 24.8 Å². The number of imidazole rings is 1. The molecular formula is C22H25N5O3. The van der Waals surface area contributed by atoms with E-state index in [1.54, 1.807) is 25.3 Å². The maximum atomic E-state index is 12.6. The van der Waals surface area contributed by atoms with Crippen molar-refractivity contribution in [2.45, 2.75) is 25.8 Å². The van der Waals surface area contributed by atoms with Crippen LogP contribution in [0.4, 0.5) is 4.79 Å². The van der Waals surface area contributed by atoms with Crippen LogP contribution in [0.5, 0.6) is 0 Å². The third kappa shape index (κ3) is 3.98. The molecule has 0 saturated carbocycles. The molecule has 3 aromatic rings. The van der Waals surface area contributed by atoms with Crippen LogP contribution in [-0.2, 0) is 18.3 Å². The Bertz CT molecular complexity index is 1060. The number of amides is 2. The van der Waals surface area contributed by atoms with Crippen molar-refractivity contribution in [1.29, 1.82) is 0 Å². The van der Waals surface area contributed by atoms with E-state index >= 15 is 0 Å². The van der Waals surface area contributed by atoms with Gasteiger partial charge < -0.3 is 19.5 Å². The molecule has 1 unspecified atom stereocenters. The summed E-state index contributed by atoms with van der Waals surface area (Å²) >= 11 is 0. The molecule has 1 aliphatic rings. The molecule has 0 bridgehead atoms. The van der Waals surface area contributed by atoms with Gasteiger partial charge in [-0.25, -0.2) is 14.6 Å². The van der Waals surface area contributed by atoms with Crippen LogP contribution in [0.1, 0.15) is 41.0 Å². The van der Waals surface area contributed by atoms with Gasteiger partial charge >= 0.3 is 12.0 Å². The zero-order valence-electron chi connectivity index (χ0n) is 17.2. The maximum Gasteiger partial charge on any atom is 0.338 e. The van der Waals surface area contributed by atoms with Gasteiger partial charge in [-0.2, -0.15) is 0 Å². The summed E-state index contributed by atoms with van der Waals surface area (Å²) in [4.78, 5) is 35.1. The van der Waals surface area contributed by atoms with Crippen LogP contribution < -0.4 is 5.32 Å². The van der Waals surface area contributed by atoms with Crippen molar-refractivity contribution in [2.75, 3.05) is 19.7 Å². The summed E-state index contributed by atoms with van der Waals surface area (Å²) in [5, 5.41) is 2.96. The zero-order chi connectivity index (χ0) is 21.1. The van der Waals surface area contributed by atoms with Crippen molar-refractivity contribution in [3.05, 3.63) is 59.7 Å². The van der Waals surface area contributed by atoms with Gasteiger partial charge in [-0.3, -0.25) is 4.98 Å². The number of carbonyl (C=O) groups excluding carboxylic acids is 2. The van der Waals surface area contributed by atoms with Crippen LogP contribution in [-0.4, -0.2) is 51.1 Å². The minimum absolute atomic E-state index is 0.0904. The Kier molecular flexibility index (Phi) is 5.65. The van der Waals surface area contributed by atoms with Crippen molar-refractivity contribution in [3.8, 4) is 0 Å². The van der Waals surface area contributed by atoms with E-state index in [9.17, 15) is 9.59 Å². The third-order valence-corrected chi connectivity index (χ3v) is 5.47. The molecule has 1 saturated heterocycles. The second-order valence-electron chi connectivity index (χ2n) is 7.40. The molecule has 156 valence electrons. The van der Waals surface area contributed by atoms with Crippen LogP contribution >= 0.6 is 0 Å². The van der Waals surface area contributed by atoms with Gasteiger partial charge in [0.15, 0.2) is 0 Å². The number of hydrogen-bond donors (Lipinski definition) is 1. The fourth-order valence-electron chi connectivity index (χ4n) is 3.84. The first-order valence-electron chi connectivity index (χ1n) is 10.1. The number of aromatic nitrogens is 3. The van der Waals surface area contributed by atoms with Gasteiger partial charge in [0, 0.05) is 38.8 Å². The number of fused-ring (bicyclic) bond motifs is 1. The van der Waals surface area contributed by atoms with Crippen molar-refractivity contribution in [3.63, 3.8) is 0 Å². The number of carbonyl (C=O) groups is 2. The van der Waals surface area contributed by atoms with Gasteiger partial charge in [0.1, 0.15) is 5.82 Å². The average molecular weight is 407 g/mol. The second-order valence-corrected chi connectivity index (χ2v) is 7.40. The second kappa shape index (κ2) is 8.52. The largest absolute Gasteiger partial charge is 0.462 e. The summed E-state index contributed by atoms with van der Waals surface area (Å²) in [6.45, 7) is 3.86. The number of likely N-dealkylation sites (tertiary alicyclic amines) is 1. The molecule has 0 spiro atoms. The monoisotopic (exact) mass is 407 g/mol. The van der Waals surface area contributed by atoms with Gasteiger partial charge in [0.05, 0.1) is 29.4 Å². The number of esters is 1. The molecule has 8 heteroatoms. The molecule has 30 heavy (non-hydrogen) atoms. The Morgan fingerprint density at radius 3 is 2.77 bits per heavy atom. The van der Waals surface area contributed by atoms with Crippen LogP contribution in [0, 0.1) is 0 Å². The Morgan fingerprint density at radius 2 is 2.03 bits per heavy atom. The highest BCUT2D eigenvalue weighted by molar-refractivity contribution is 5.89. The SMILES string of the molecule is CCOC(=O)c1ccc(CNC(=O)N2CCC(c3nc4ccncc4n3C)C2)cc1. The molecule has 2 amide bonds. The first-order chi connectivity index (χ1) is 14.6. The van der Waals surface area contributed by atoms with Gasteiger partial charge in [-0.1, -0.05) is 12.1 Å². The fraction of sp³-hybridized carbons (Fsp3) is 0.364. The van der Waals surface area contributed by atoms with E-state index in [4.69, 9.17) is 9.72 Å². The van der Waals surface area contributed by atoms with Crippen molar-refractivity contribution in [2.24, 2.45) is 7.05 Å². The van der Waals surface area contributed by atoms with Crippen molar-refractivity contribution >= 4 is 23.0 Å². The summed E-state index contributed by atoms with van der Waals surface area (Å²) in [7, 11) is 2.00. The van der Waals surface area contributed by atoms with E-state index in [0.29, 0.717) is 31.8 Å². The number of hydrogen-bond acceptors (Lipinski definition) is 5. The number of pyridine rings is 1. The Labute approximate surface area is 174 Å². The predicted molar refractivity (Wildman–Crippen MR) is 112 cm³/mol. The van der Waals surface area contributed by atoms with E-state index in [-0.39, 0.29) is 17.9 Å². The predicted octanol–water partition coefficient (Wildman–Crippen LogP) is 2.84. The smallest absolute Gasteiger partial charge is 0.338 e. The Hall–Kier alpha value is -3.42. The molecule has 1 atom stereocenters. The number of aryl methyl sites for hydroxylation is 1. The lowest BCUT2D eigenvalue weighted by Gasteiger charge is -2.17. The normalized spacial score (nSPS) is 16.1. The maximum absolute atomic E-state index is 12.6. The molecule has 3 heterocycles. The standard InChI is InChI=1S/C22H25N5O3/c1-3-30-21(28)16-6-4-15(5-7-16)12-24-22(29)27-11-9-17(14-27)20-25-18-8-10-23-13-19(18)26(20)2/h4-8,10,13,17H,3,9,11-12,14H2,1-2H3,(H,24,29). The first kappa shape index (κ1) is 19.9. The quantitative estimate of drug-likeness (QED) is 0.657. The summed E-state index contributed by atoms with van der Waals surface area (Å²) in [5.74, 6) is 0.855. The molecule has 8 nitrogen and oxygen atoms in total. The lowest BCUT2D eigenvalue weighted by atomic mass is 10.1. The van der Waals surface area contributed by atoms with Gasteiger partial charge in [-0.15, -0.1) is 0 Å². The number of urea groups is 1. The fourth-order valence-corrected chi connectivity index (χ4v) is 3.84. The number of ether oxygens (including phenoxy) is 1. The van der Waals surface area contributed by atoms with Gasteiger partial charge in [-0.05, 0) is 37.1 Å². The highest BCUT2D eigenvalue weighted by Gasteiger charge is 2.30. The summed E-state index contributed by atoms with van der Waals surface area (Å²) in [5.41, 5.74) is 3.36. The highest BCUT2D eigenvalue weighted by Crippen LogP contribution is 2.28. The van der Waals surface area contributed by atoms with Gasteiger partial charge in [0.25, 0.3) is 0 Å². The summed E-state index contributed by atoms with van der Waals surface area (Å²) in [6, 6.07) is 8.90. The molecular weight excluding hydrogens is 382 g/mol. The molecule has 2 aromatic heterocycles. The number of benzene rings is 1. The van der Waals surface area contributed by atoms with Crippen LogP contribution in [0.2, 0.25) is 0 Å². The Morgan fingerprint density at radius 1 is 1.23 bits per heavy atom. The molecule has 1 aromatic carbocycles. The van der Waals surface area contributed by atoms with E-state index in [1.165, 1.54) is 0 Å². The van der Waals surface area contributed by atoms with Crippen LogP contribution in [0.25, 0.3) is 11.0 Å². The molecule has 4 rings (SSSR count). The molecule has 0 radical (unpaired) electrons. The minimum Gasteiger partial charge on any atom is -0.462 e.